The van der Waals surface area contributed by atoms with Gasteiger partial charge < -0.3 is 44.3 Å². The summed E-state index contributed by atoms with van der Waals surface area (Å²) in [6.07, 6.45) is 1.83. The number of aryl methyl sites for hydroxylation is 1. The van der Waals surface area contributed by atoms with Gasteiger partial charge in [-0.3, -0.25) is 14.4 Å². The third-order valence-corrected chi connectivity index (χ3v) is 11.6. The molecule has 0 unspecified atom stereocenters. The predicted molar refractivity (Wildman–Crippen MR) is 207 cm³/mol. The predicted octanol–water partition coefficient (Wildman–Crippen LogP) is 4.97. The Bertz CT molecular complexity index is 1900. The highest BCUT2D eigenvalue weighted by atomic mass is 35.5. The van der Waals surface area contributed by atoms with Crippen LogP contribution in [0.25, 0.3) is 0 Å². The summed E-state index contributed by atoms with van der Waals surface area (Å²) in [7, 11) is 6.02. The molecule has 0 aromatic heterocycles. The number of nitrogen functional groups attached to an aromatic ring is 1. The molecule has 4 bridgehead atoms. The number of ether oxygens (including phenoxy) is 5. The van der Waals surface area contributed by atoms with Gasteiger partial charge in [-0.2, -0.15) is 0 Å². The number of esters is 2. The Morgan fingerprint density at radius 3 is 2.53 bits per heavy atom. The highest BCUT2D eigenvalue weighted by Gasteiger charge is 2.64. The number of anilines is 2. The number of halogens is 1. The lowest BCUT2D eigenvalue weighted by Gasteiger charge is -2.41. The number of carbonyl (C=O) groups excluding carboxylic acids is 4. The monoisotopic (exact) mass is 781 g/mol. The largest absolute Gasteiger partial charge is 0.495 e. The van der Waals surface area contributed by atoms with Crippen molar-refractivity contribution in [2.24, 2.45) is 5.92 Å². The molecule has 8 atom stereocenters. The van der Waals surface area contributed by atoms with Gasteiger partial charge in [-0.25, -0.2) is 4.79 Å². The molecule has 5 rings (SSSR count). The minimum atomic E-state index is -1.59. The highest BCUT2D eigenvalue weighted by molar-refractivity contribution is 6.35. The molecule has 13 nitrogen and oxygen atoms in total. The molecule has 3 heterocycles. The first-order valence-electron chi connectivity index (χ1n) is 18.3. The lowest BCUT2D eigenvalue weighted by Crippen LogP contribution is -2.53. The molecular formula is C41H52ClN3O10. The molecule has 2 amide bonds. The van der Waals surface area contributed by atoms with Gasteiger partial charge in [-0.1, -0.05) is 42.3 Å². The minimum absolute atomic E-state index is 0.0478. The molecule has 2 saturated heterocycles. The number of nitrogens with zero attached hydrogens (tertiary/aromatic N) is 2. The van der Waals surface area contributed by atoms with E-state index in [0.29, 0.717) is 29.1 Å². The minimum Gasteiger partial charge on any atom is -0.495 e. The summed E-state index contributed by atoms with van der Waals surface area (Å²) in [6.45, 7) is 8.80. The van der Waals surface area contributed by atoms with Gasteiger partial charge in [0.15, 0.2) is 0 Å². The first kappa shape index (κ1) is 41.7. The van der Waals surface area contributed by atoms with Crippen LogP contribution in [0.4, 0.5) is 11.4 Å². The average molecular weight is 782 g/mol. The Morgan fingerprint density at radius 1 is 1.16 bits per heavy atom. The first-order chi connectivity index (χ1) is 25.8. The van der Waals surface area contributed by atoms with Crippen molar-refractivity contribution in [1.82, 2.24) is 4.90 Å². The molecule has 0 spiro atoms. The van der Waals surface area contributed by atoms with Gasteiger partial charge in [0.05, 0.1) is 31.7 Å². The van der Waals surface area contributed by atoms with Gasteiger partial charge in [0.1, 0.15) is 46.3 Å². The fraction of sp³-hybridized carbons (Fsp3) is 0.512. The van der Waals surface area contributed by atoms with Crippen molar-refractivity contribution < 1.29 is 48.0 Å². The van der Waals surface area contributed by atoms with Crippen LogP contribution < -0.4 is 15.4 Å². The number of benzene rings is 2. The fourth-order valence-corrected chi connectivity index (χ4v) is 7.76. The van der Waals surface area contributed by atoms with Crippen molar-refractivity contribution >= 4 is 46.7 Å². The van der Waals surface area contributed by atoms with Crippen molar-refractivity contribution in [1.29, 1.82) is 0 Å². The zero-order chi connectivity index (χ0) is 40.6. The van der Waals surface area contributed by atoms with Gasteiger partial charge >= 0.3 is 11.9 Å². The van der Waals surface area contributed by atoms with Crippen LogP contribution in [-0.4, -0.2) is 104 Å². The van der Waals surface area contributed by atoms with Crippen LogP contribution in [0, 0.1) is 12.8 Å². The number of allylic oxidation sites excluding steroid dienone is 3. The molecule has 3 aliphatic rings. The van der Waals surface area contributed by atoms with Gasteiger partial charge in [0.25, 0.3) is 5.91 Å². The molecule has 14 heteroatoms. The van der Waals surface area contributed by atoms with Crippen LogP contribution in [0.2, 0.25) is 5.02 Å². The van der Waals surface area contributed by atoms with E-state index in [1.807, 2.05) is 19.9 Å². The summed E-state index contributed by atoms with van der Waals surface area (Å²) >= 11 is 6.78. The van der Waals surface area contributed by atoms with Crippen molar-refractivity contribution in [2.45, 2.75) is 102 Å². The van der Waals surface area contributed by atoms with E-state index in [0.717, 1.165) is 16.7 Å². The summed E-state index contributed by atoms with van der Waals surface area (Å²) < 4.78 is 29.5. The van der Waals surface area contributed by atoms with Crippen LogP contribution in [0.1, 0.15) is 68.4 Å². The number of likely N-dealkylation sites (N-methyl/N-ethyl adjacent to an activating group) is 1. The smallest absolute Gasteiger partial charge is 0.328 e. The summed E-state index contributed by atoms with van der Waals surface area (Å²) in [4.78, 5) is 57.2. The van der Waals surface area contributed by atoms with Crippen LogP contribution in [0.15, 0.2) is 54.1 Å². The van der Waals surface area contributed by atoms with Gasteiger partial charge in [0.2, 0.25) is 5.91 Å². The Kier molecular flexibility index (Phi) is 12.4. The molecule has 0 saturated carbocycles. The average Bonchev–Trinajstić information content (AvgIpc) is 3.84. The first-order valence-corrected chi connectivity index (χ1v) is 18.6. The van der Waals surface area contributed by atoms with Crippen molar-refractivity contribution in [2.75, 3.05) is 38.9 Å². The van der Waals surface area contributed by atoms with Gasteiger partial charge in [0, 0.05) is 44.8 Å². The highest BCUT2D eigenvalue weighted by Crippen LogP contribution is 2.50. The quantitative estimate of drug-likeness (QED) is 0.231. The number of fused-ring (bicyclic) bond motifs is 5. The van der Waals surface area contributed by atoms with E-state index >= 15 is 0 Å². The maximum absolute atomic E-state index is 14.2. The molecule has 0 radical (unpaired) electrons. The summed E-state index contributed by atoms with van der Waals surface area (Å²) in [5.41, 5.74) is 6.87. The molecule has 2 aromatic rings. The third-order valence-electron chi connectivity index (χ3n) is 11.2. The van der Waals surface area contributed by atoms with Crippen LogP contribution >= 0.6 is 11.6 Å². The zero-order valence-corrected chi connectivity index (χ0v) is 33.6. The van der Waals surface area contributed by atoms with Gasteiger partial charge in [-0.05, 0) is 75.6 Å². The molecule has 3 aliphatic heterocycles. The number of nitrogens with two attached hydrogens (primary N) is 1. The van der Waals surface area contributed by atoms with Crippen molar-refractivity contribution in [3.8, 4) is 5.75 Å². The summed E-state index contributed by atoms with van der Waals surface area (Å²) in [5, 5.41) is 12.1. The van der Waals surface area contributed by atoms with Gasteiger partial charge in [-0.15, -0.1) is 0 Å². The zero-order valence-electron chi connectivity index (χ0n) is 32.9. The van der Waals surface area contributed by atoms with E-state index in [2.05, 4.69) is 0 Å². The molecule has 0 aliphatic carbocycles. The van der Waals surface area contributed by atoms with Crippen LogP contribution in [-0.2, 0) is 39.8 Å². The molecule has 2 aromatic carbocycles. The number of hydrogen-bond acceptors (Lipinski definition) is 11. The Balaban J connectivity index is 1.52. The van der Waals surface area contributed by atoms with E-state index in [4.69, 9.17) is 41.0 Å². The standard InChI is InChI=1S/C41H52ClN3O10/c1-22-11-10-12-32(52-9)41(50)20-31(53-35(47)21-41)24(3)37-40(5,55-37)33(19-34(46)45(7)29-17-26(15-22)18-30(51-8)36(29)42)54-39(49)25(4)44(6)38(48)27-13-14-28(43)23(2)16-27/h10-14,16-18,24-25,31-33,37,50H,15,19-21,43H2,1-9H3/b12-10+,22-11+/t24-,25+,31+,32-,33+,37+,40+,41-/m1/s1. The number of carbonyl (C=O) groups is 4. The number of amides is 2. The second kappa shape index (κ2) is 16.4. The molecule has 55 heavy (non-hydrogen) atoms. The maximum atomic E-state index is 14.2. The lowest BCUT2D eigenvalue weighted by atomic mass is 9.78. The van der Waals surface area contributed by atoms with E-state index in [-0.39, 0.29) is 24.3 Å². The number of methoxy groups -OCH3 is 2. The van der Waals surface area contributed by atoms with Crippen molar-refractivity contribution in [3.05, 3.63) is 75.8 Å². The topological polar surface area (TPSA) is 170 Å². The number of epoxide rings is 1. The van der Waals surface area contributed by atoms with E-state index in [9.17, 15) is 24.3 Å². The summed E-state index contributed by atoms with van der Waals surface area (Å²) in [5.74, 6) is -2.36. The Hall–Kier alpha value is -4.43. The van der Waals surface area contributed by atoms with E-state index < -0.39 is 71.3 Å². The number of hydrogen-bond donors (Lipinski definition) is 2. The van der Waals surface area contributed by atoms with Crippen LogP contribution in [0.5, 0.6) is 5.75 Å². The fourth-order valence-electron chi connectivity index (χ4n) is 7.44. The number of aliphatic hydroxyl groups is 1. The Morgan fingerprint density at radius 2 is 1.87 bits per heavy atom. The number of rotatable bonds is 6. The lowest BCUT2D eigenvalue weighted by molar-refractivity contribution is -0.187. The second-order valence-electron chi connectivity index (χ2n) is 15.2. The SMILES string of the molecule is COc1cc2cc(c1Cl)N(C)C(=O)C[C@H](OC(=O)[C@H](C)N(C)C(=O)c1ccc(N)c(C)c1)[C@]1(C)O[C@H]1[C@H](C)[C@@H]1C[C@@](O)(CC(=O)O1)[C@H](OC)/C=C/C=C(\C)C2. The van der Waals surface area contributed by atoms with Crippen molar-refractivity contribution in [3.63, 3.8) is 0 Å². The maximum Gasteiger partial charge on any atom is 0.328 e. The molecular weight excluding hydrogens is 730 g/mol. The molecule has 3 N–H and O–H groups in total. The molecule has 2 fully saturated rings. The van der Waals surface area contributed by atoms with E-state index in [1.54, 1.807) is 63.4 Å². The second-order valence-corrected chi connectivity index (χ2v) is 15.6. The molecule has 298 valence electrons. The van der Waals surface area contributed by atoms with E-state index in [1.165, 1.54) is 38.0 Å². The Labute approximate surface area is 327 Å². The van der Waals surface area contributed by atoms with Crippen LogP contribution in [0.3, 0.4) is 0 Å². The summed E-state index contributed by atoms with van der Waals surface area (Å²) in [6, 6.07) is 7.40. The third kappa shape index (κ3) is 8.70. The normalized spacial score (nSPS) is 30.6.